The van der Waals surface area contributed by atoms with Gasteiger partial charge in [-0.05, 0) is 0 Å². The number of nitrogens with zero attached hydrogens (tertiary/aromatic N) is 3. The molecule has 0 unspecified atom stereocenters. The van der Waals surface area contributed by atoms with Crippen LogP contribution in [-0.2, 0) is 6.42 Å². The third-order valence-corrected chi connectivity index (χ3v) is 1.13. The molecular weight excluding hydrogens is 171 g/mol. The lowest BCUT2D eigenvalue weighted by Gasteiger charge is -1.96. The monoisotopic (exact) mass is 173 g/mol. The van der Waals surface area contributed by atoms with Gasteiger partial charge in [-0.15, -0.1) is 0 Å². The summed E-state index contributed by atoms with van der Waals surface area (Å²) < 4.78 is 37.1. The van der Waals surface area contributed by atoms with Crippen molar-refractivity contribution in [2.75, 3.05) is 0 Å². The Bertz CT molecular complexity index is 321. The normalized spacial score (nSPS) is 9.50. The van der Waals surface area contributed by atoms with Crippen molar-refractivity contribution in [2.45, 2.75) is 6.42 Å². The molecule has 0 bridgehead atoms. The van der Waals surface area contributed by atoms with Crippen LogP contribution in [-0.4, -0.2) is 9.97 Å². The summed E-state index contributed by atoms with van der Waals surface area (Å²) in [5, 5.41) is 8.11. The molecule has 0 N–H and O–H groups in total. The number of rotatable bonds is 1. The second kappa shape index (κ2) is 3.17. The van der Waals surface area contributed by atoms with Crippen LogP contribution in [0.3, 0.4) is 0 Å². The molecule has 1 aromatic heterocycles. The lowest BCUT2D eigenvalue weighted by atomic mass is 10.2. The summed E-state index contributed by atoms with van der Waals surface area (Å²) >= 11 is 0. The molecule has 1 aromatic rings. The SMILES string of the molecule is N#CCc1c(F)nc(F)nc1F. The fourth-order valence-corrected chi connectivity index (χ4v) is 0.632. The number of nitriles is 1. The lowest BCUT2D eigenvalue weighted by Crippen LogP contribution is -2.04. The van der Waals surface area contributed by atoms with Gasteiger partial charge in [0, 0.05) is 0 Å². The summed E-state index contributed by atoms with van der Waals surface area (Å²) in [6.45, 7) is 0. The second-order valence-electron chi connectivity index (χ2n) is 1.89. The highest BCUT2D eigenvalue weighted by atomic mass is 19.2. The highest BCUT2D eigenvalue weighted by Gasteiger charge is 2.13. The van der Waals surface area contributed by atoms with Gasteiger partial charge in [0.25, 0.3) is 0 Å². The zero-order chi connectivity index (χ0) is 9.14. The first-order chi connectivity index (χ1) is 5.65. The van der Waals surface area contributed by atoms with Crippen molar-refractivity contribution in [3.63, 3.8) is 0 Å². The predicted molar refractivity (Wildman–Crippen MR) is 31.2 cm³/mol. The van der Waals surface area contributed by atoms with Crippen LogP contribution >= 0.6 is 0 Å². The Hall–Kier alpha value is -1.64. The Labute approximate surface area is 65.5 Å². The summed E-state index contributed by atoms with van der Waals surface area (Å²) in [5.41, 5.74) is -0.612. The second-order valence-corrected chi connectivity index (χ2v) is 1.89. The number of aromatic nitrogens is 2. The van der Waals surface area contributed by atoms with E-state index >= 15 is 0 Å². The van der Waals surface area contributed by atoms with Crippen molar-refractivity contribution in [3.05, 3.63) is 23.5 Å². The summed E-state index contributed by atoms with van der Waals surface area (Å²) in [6.07, 6.45) is -2.00. The quantitative estimate of drug-likeness (QED) is 0.469. The van der Waals surface area contributed by atoms with Crippen LogP contribution in [0.15, 0.2) is 0 Å². The van der Waals surface area contributed by atoms with Crippen LogP contribution in [0, 0.1) is 29.3 Å². The molecule has 0 spiro atoms. The molecule has 12 heavy (non-hydrogen) atoms. The van der Waals surface area contributed by atoms with Gasteiger partial charge in [-0.1, -0.05) is 0 Å². The van der Waals surface area contributed by atoms with Crippen molar-refractivity contribution < 1.29 is 13.2 Å². The van der Waals surface area contributed by atoms with Crippen molar-refractivity contribution in [2.24, 2.45) is 0 Å². The standard InChI is InChI=1S/C6H2F3N3/c7-4-3(1-2-10)5(8)12-6(9)11-4/h1H2. The smallest absolute Gasteiger partial charge is 0.198 e. The first-order valence-electron chi connectivity index (χ1n) is 2.89. The number of hydrogen-bond donors (Lipinski definition) is 0. The van der Waals surface area contributed by atoms with Gasteiger partial charge < -0.3 is 0 Å². The van der Waals surface area contributed by atoms with E-state index in [4.69, 9.17) is 5.26 Å². The molecule has 0 aliphatic carbocycles. The molecule has 6 heteroatoms. The highest BCUT2D eigenvalue weighted by Crippen LogP contribution is 2.08. The van der Waals surface area contributed by atoms with E-state index < -0.39 is 30.0 Å². The van der Waals surface area contributed by atoms with Gasteiger partial charge in [-0.25, -0.2) is 0 Å². The average Bonchev–Trinajstić information content (AvgIpc) is 1.96. The molecule has 3 nitrogen and oxygen atoms in total. The van der Waals surface area contributed by atoms with E-state index in [1.54, 1.807) is 0 Å². The van der Waals surface area contributed by atoms with Crippen LogP contribution in [0.2, 0.25) is 0 Å². The van der Waals surface area contributed by atoms with Crippen LogP contribution in [0.25, 0.3) is 0 Å². The summed E-state index contributed by atoms with van der Waals surface area (Å²) in [7, 11) is 0. The largest absolute Gasteiger partial charge is 0.313 e. The van der Waals surface area contributed by atoms with Gasteiger partial charge >= 0.3 is 6.08 Å². The van der Waals surface area contributed by atoms with Gasteiger partial charge in [0.05, 0.1) is 18.1 Å². The Morgan fingerprint density at radius 3 is 2.08 bits per heavy atom. The lowest BCUT2D eigenvalue weighted by molar-refractivity contribution is 0.428. The summed E-state index contributed by atoms with van der Waals surface area (Å²) in [4.78, 5) is 5.23. The molecule has 0 aliphatic rings. The molecule has 0 aromatic carbocycles. The van der Waals surface area contributed by atoms with Gasteiger partial charge in [-0.3, -0.25) is 0 Å². The summed E-state index contributed by atoms with van der Waals surface area (Å²) in [6, 6.07) is 1.50. The Balaban J connectivity index is 3.21. The average molecular weight is 173 g/mol. The fourth-order valence-electron chi connectivity index (χ4n) is 0.632. The number of halogens is 3. The van der Waals surface area contributed by atoms with Crippen molar-refractivity contribution in [1.29, 1.82) is 5.26 Å². The summed E-state index contributed by atoms with van der Waals surface area (Å²) in [5.74, 6) is -2.66. The van der Waals surface area contributed by atoms with E-state index in [-0.39, 0.29) is 0 Å². The van der Waals surface area contributed by atoms with Crippen molar-refractivity contribution in [1.82, 2.24) is 9.97 Å². The molecule has 1 rings (SSSR count). The molecule has 1 heterocycles. The third kappa shape index (κ3) is 1.50. The van der Waals surface area contributed by atoms with Gasteiger partial charge in [0.1, 0.15) is 0 Å². The van der Waals surface area contributed by atoms with Gasteiger partial charge in [-0.2, -0.15) is 28.4 Å². The predicted octanol–water partition coefficient (Wildman–Crippen LogP) is 0.960. The van der Waals surface area contributed by atoms with Crippen LogP contribution in [0.4, 0.5) is 13.2 Å². The van der Waals surface area contributed by atoms with E-state index in [1.807, 2.05) is 0 Å². The molecule has 0 saturated carbocycles. The van der Waals surface area contributed by atoms with E-state index in [1.165, 1.54) is 6.07 Å². The minimum atomic E-state index is -1.48. The van der Waals surface area contributed by atoms with Crippen molar-refractivity contribution >= 4 is 0 Å². The van der Waals surface area contributed by atoms with Gasteiger partial charge in [0.2, 0.25) is 11.9 Å². The first-order valence-corrected chi connectivity index (χ1v) is 2.89. The maximum atomic E-state index is 12.5. The third-order valence-electron chi connectivity index (χ3n) is 1.13. The molecule has 0 amide bonds. The van der Waals surface area contributed by atoms with E-state index in [0.717, 1.165) is 0 Å². The first kappa shape index (κ1) is 8.46. The maximum absolute atomic E-state index is 12.5. The Kier molecular flexibility index (Phi) is 2.24. The molecular formula is C6H2F3N3. The minimum absolute atomic E-state index is 0.516. The van der Waals surface area contributed by atoms with E-state index in [9.17, 15) is 13.2 Å². The topological polar surface area (TPSA) is 49.6 Å². The minimum Gasteiger partial charge on any atom is -0.198 e. The van der Waals surface area contributed by atoms with E-state index in [2.05, 4.69) is 9.97 Å². The highest BCUT2D eigenvalue weighted by molar-refractivity contribution is 5.12. The molecule has 62 valence electrons. The van der Waals surface area contributed by atoms with Gasteiger partial charge in [0.15, 0.2) is 0 Å². The van der Waals surface area contributed by atoms with Crippen molar-refractivity contribution in [3.8, 4) is 6.07 Å². The zero-order valence-electron chi connectivity index (χ0n) is 5.68. The fraction of sp³-hybridized carbons (Fsp3) is 0.167. The maximum Gasteiger partial charge on any atom is 0.313 e. The molecule has 0 atom stereocenters. The Morgan fingerprint density at radius 2 is 1.67 bits per heavy atom. The van der Waals surface area contributed by atoms with Crippen LogP contribution < -0.4 is 0 Å². The molecule has 0 saturated heterocycles. The van der Waals surface area contributed by atoms with Crippen LogP contribution in [0.1, 0.15) is 5.56 Å². The van der Waals surface area contributed by atoms with E-state index in [0.29, 0.717) is 0 Å². The van der Waals surface area contributed by atoms with Crippen LogP contribution in [0.5, 0.6) is 0 Å². The number of hydrogen-bond acceptors (Lipinski definition) is 3. The molecule has 0 fully saturated rings. The molecule has 0 radical (unpaired) electrons. The molecule has 0 aliphatic heterocycles. The zero-order valence-corrected chi connectivity index (χ0v) is 5.68. The Morgan fingerprint density at radius 1 is 1.17 bits per heavy atom.